The first-order valence-electron chi connectivity index (χ1n) is 7.87. The number of nitrogens with zero attached hydrogens (tertiary/aromatic N) is 1. The van der Waals surface area contributed by atoms with Gasteiger partial charge in [-0.25, -0.2) is 0 Å². The lowest BCUT2D eigenvalue weighted by Crippen LogP contribution is -2.65. The van der Waals surface area contributed by atoms with Crippen LogP contribution in [-0.2, 0) is 4.74 Å². The third-order valence-electron chi connectivity index (χ3n) is 5.62. The highest BCUT2D eigenvalue weighted by atomic mass is 16.5. The van der Waals surface area contributed by atoms with E-state index in [2.05, 4.69) is 11.8 Å². The molecule has 3 aliphatic rings. The monoisotopic (exact) mass is 252 g/mol. The van der Waals surface area contributed by atoms with Crippen molar-refractivity contribution in [2.24, 2.45) is 11.7 Å². The molecule has 2 saturated carbocycles. The van der Waals surface area contributed by atoms with E-state index in [0.717, 1.165) is 25.1 Å². The van der Waals surface area contributed by atoms with Gasteiger partial charge in [-0.05, 0) is 51.5 Å². The molecule has 2 N–H and O–H groups in total. The fourth-order valence-corrected chi connectivity index (χ4v) is 4.65. The Hall–Kier alpha value is -0.120. The summed E-state index contributed by atoms with van der Waals surface area (Å²) in [5.41, 5.74) is 6.42. The minimum atomic E-state index is 0.288. The highest BCUT2D eigenvalue weighted by Crippen LogP contribution is 2.47. The molecule has 0 aromatic heterocycles. The van der Waals surface area contributed by atoms with Gasteiger partial charge in [0, 0.05) is 24.7 Å². The van der Waals surface area contributed by atoms with Gasteiger partial charge < -0.3 is 10.5 Å². The van der Waals surface area contributed by atoms with E-state index in [4.69, 9.17) is 10.5 Å². The van der Waals surface area contributed by atoms with Crippen LogP contribution in [0.5, 0.6) is 0 Å². The number of fused-ring (bicyclic) bond motifs is 1. The highest BCUT2D eigenvalue weighted by molar-refractivity contribution is 5.09. The van der Waals surface area contributed by atoms with Crippen molar-refractivity contribution in [3.05, 3.63) is 0 Å². The molecule has 3 nitrogen and oxygen atoms in total. The van der Waals surface area contributed by atoms with Crippen LogP contribution in [0.25, 0.3) is 0 Å². The topological polar surface area (TPSA) is 38.5 Å². The van der Waals surface area contributed by atoms with Gasteiger partial charge in [0.05, 0.1) is 6.10 Å². The van der Waals surface area contributed by atoms with Crippen LogP contribution < -0.4 is 5.73 Å². The maximum atomic E-state index is 6.13. The van der Waals surface area contributed by atoms with E-state index in [0.29, 0.717) is 6.10 Å². The quantitative estimate of drug-likeness (QED) is 0.833. The molecule has 3 fully saturated rings. The van der Waals surface area contributed by atoms with Crippen LogP contribution in [0.2, 0.25) is 0 Å². The summed E-state index contributed by atoms with van der Waals surface area (Å²) in [6.45, 7) is 5.04. The van der Waals surface area contributed by atoms with Crippen LogP contribution in [0.1, 0.15) is 51.9 Å². The van der Waals surface area contributed by atoms with Crippen molar-refractivity contribution in [2.45, 2.75) is 69.6 Å². The normalized spacial score (nSPS) is 44.7. The Morgan fingerprint density at radius 3 is 2.72 bits per heavy atom. The van der Waals surface area contributed by atoms with Gasteiger partial charge in [0.25, 0.3) is 0 Å². The van der Waals surface area contributed by atoms with Crippen molar-refractivity contribution in [1.82, 2.24) is 4.90 Å². The molecule has 2 unspecified atom stereocenters. The van der Waals surface area contributed by atoms with Crippen LogP contribution in [0.15, 0.2) is 0 Å². The van der Waals surface area contributed by atoms with Gasteiger partial charge in [-0.15, -0.1) is 0 Å². The number of likely N-dealkylation sites (tertiary alicyclic amines) is 1. The lowest BCUT2D eigenvalue weighted by Gasteiger charge is -2.55. The predicted molar refractivity (Wildman–Crippen MR) is 73.5 cm³/mol. The van der Waals surface area contributed by atoms with E-state index in [1.165, 1.54) is 51.5 Å². The fourth-order valence-electron chi connectivity index (χ4n) is 4.65. The molecule has 18 heavy (non-hydrogen) atoms. The van der Waals surface area contributed by atoms with Crippen molar-refractivity contribution < 1.29 is 4.74 Å². The molecule has 2 aliphatic carbocycles. The first-order chi connectivity index (χ1) is 8.79. The van der Waals surface area contributed by atoms with Crippen LogP contribution in [0.3, 0.4) is 0 Å². The van der Waals surface area contributed by atoms with Gasteiger partial charge in [-0.1, -0.05) is 12.8 Å². The van der Waals surface area contributed by atoms with Crippen molar-refractivity contribution >= 4 is 0 Å². The SMILES string of the molecule is CCOC1CC(CN)(N2CCC3CCCCC32)C1. The van der Waals surface area contributed by atoms with Crippen LogP contribution >= 0.6 is 0 Å². The minimum Gasteiger partial charge on any atom is -0.378 e. The Labute approximate surface area is 111 Å². The number of rotatable bonds is 4. The Morgan fingerprint density at radius 2 is 2.00 bits per heavy atom. The van der Waals surface area contributed by atoms with E-state index in [1.54, 1.807) is 0 Å². The summed E-state index contributed by atoms with van der Waals surface area (Å²) in [4.78, 5) is 2.78. The Kier molecular flexibility index (Phi) is 3.65. The Balaban J connectivity index is 1.66. The van der Waals surface area contributed by atoms with Gasteiger partial charge in [-0.2, -0.15) is 0 Å². The average Bonchev–Trinajstić information content (AvgIpc) is 2.78. The molecule has 1 saturated heterocycles. The standard InChI is InChI=1S/C15H28N2O/c1-2-18-13-9-15(10-13,11-16)17-8-7-12-5-3-4-6-14(12)17/h12-14H,2-11,16H2,1H3. The first kappa shape index (κ1) is 12.9. The third-order valence-corrected chi connectivity index (χ3v) is 5.62. The lowest BCUT2D eigenvalue weighted by atomic mass is 9.71. The summed E-state index contributed by atoms with van der Waals surface area (Å²) >= 11 is 0. The zero-order chi connectivity index (χ0) is 12.6. The number of ether oxygens (including phenoxy) is 1. The van der Waals surface area contributed by atoms with E-state index < -0.39 is 0 Å². The average molecular weight is 252 g/mol. The predicted octanol–water partition coefficient (Wildman–Crippen LogP) is 2.15. The van der Waals surface area contributed by atoms with Crippen molar-refractivity contribution in [3.63, 3.8) is 0 Å². The Bertz CT molecular complexity index is 288. The fraction of sp³-hybridized carbons (Fsp3) is 1.00. The van der Waals surface area contributed by atoms with Gasteiger partial charge in [0.1, 0.15) is 0 Å². The smallest absolute Gasteiger partial charge is 0.0611 e. The molecular weight excluding hydrogens is 224 g/mol. The number of hydrogen-bond donors (Lipinski definition) is 1. The lowest BCUT2D eigenvalue weighted by molar-refractivity contribution is -0.109. The zero-order valence-electron chi connectivity index (χ0n) is 11.7. The second kappa shape index (κ2) is 5.10. The van der Waals surface area contributed by atoms with Crippen molar-refractivity contribution in [2.75, 3.05) is 19.7 Å². The summed E-state index contributed by atoms with van der Waals surface area (Å²) in [5.74, 6) is 0.966. The van der Waals surface area contributed by atoms with Crippen LogP contribution in [0.4, 0.5) is 0 Å². The van der Waals surface area contributed by atoms with Gasteiger partial charge >= 0.3 is 0 Å². The van der Waals surface area contributed by atoms with Crippen molar-refractivity contribution in [1.29, 1.82) is 0 Å². The van der Waals surface area contributed by atoms with E-state index in [-0.39, 0.29) is 5.54 Å². The zero-order valence-corrected chi connectivity index (χ0v) is 11.7. The molecular formula is C15H28N2O. The number of nitrogens with two attached hydrogens (primary N) is 1. The molecule has 3 rings (SSSR count). The summed E-state index contributed by atoms with van der Waals surface area (Å²) in [6.07, 6.45) is 9.95. The van der Waals surface area contributed by atoms with Crippen LogP contribution in [-0.4, -0.2) is 42.3 Å². The van der Waals surface area contributed by atoms with E-state index in [1.807, 2.05) is 0 Å². The molecule has 0 aromatic carbocycles. The second-order valence-electron chi connectivity index (χ2n) is 6.51. The largest absolute Gasteiger partial charge is 0.378 e. The molecule has 0 spiro atoms. The molecule has 0 amide bonds. The third kappa shape index (κ3) is 2.00. The van der Waals surface area contributed by atoms with E-state index >= 15 is 0 Å². The summed E-state index contributed by atoms with van der Waals surface area (Å²) in [6, 6.07) is 0.838. The van der Waals surface area contributed by atoms with Gasteiger partial charge in [0.2, 0.25) is 0 Å². The maximum absolute atomic E-state index is 6.13. The van der Waals surface area contributed by atoms with Gasteiger partial charge in [-0.3, -0.25) is 4.90 Å². The van der Waals surface area contributed by atoms with E-state index in [9.17, 15) is 0 Å². The van der Waals surface area contributed by atoms with Crippen LogP contribution in [0, 0.1) is 5.92 Å². The van der Waals surface area contributed by atoms with Crippen molar-refractivity contribution in [3.8, 4) is 0 Å². The molecule has 2 atom stereocenters. The summed E-state index contributed by atoms with van der Waals surface area (Å²) < 4.78 is 5.75. The molecule has 1 aliphatic heterocycles. The molecule has 0 bridgehead atoms. The first-order valence-corrected chi connectivity index (χ1v) is 7.87. The molecule has 0 aromatic rings. The Morgan fingerprint density at radius 1 is 1.22 bits per heavy atom. The summed E-state index contributed by atoms with van der Waals surface area (Å²) in [5, 5.41) is 0. The minimum absolute atomic E-state index is 0.288. The highest BCUT2D eigenvalue weighted by Gasteiger charge is 2.53. The molecule has 0 radical (unpaired) electrons. The second-order valence-corrected chi connectivity index (χ2v) is 6.51. The molecule has 104 valence electrons. The molecule has 1 heterocycles. The molecule has 3 heteroatoms. The summed E-state index contributed by atoms with van der Waals surface area (Å²) in [7, 11) is 0. The maximum Gasteiger partial charge on any atom is 0.0611 e. The number of hydrogen-bond acceptors (Lipinski definition) is 3. The van der Waals surface area contributed by atoms with Gasteiger partial charge in [0.15, 0.2) is 0 Å².